The number of hydrogen-bond donors (Lipinski definition) is 3. The molecule has 0 unspecified atom stereocenters. The Kier molecular flexibility index (Phi) is 11.9. The van der Waals surface area contributed by atoms with Gasteiger partial charge in [-0.1, -0.05) is 36.0 Å². The Morgan fingerprint density at radius 2 is 1.08 bits per heavy atom. The van der Waals surface area contributed by atoms with Crippen molar-refractivity contribution < 1.29 is 14.6 Å². The standard InChI is InChI=1S/C53H39N7O3/c61-53(62)36-14-19-40(20-15-36)63-35-9-1-2-13-41-45-24-26-47(57-45)42(21-16-37-10-3-6-32-54-37)49-28-30-51(59-49)44(23-18-39-12-5-8-34-56-39)52-31-29-50(60-52)43(48-27-25-46(41)58-48)22-17-38-11-4-7-33-55-38/h3-8,10-12,14-15,19-20,24-28,30,32-34,57-58H,1-2,9,13,29,31,35H2,(H,61,62). The lowest BCUT2D eigenvalue weighted by molar-refractivity contribution is 0.0697. The largest absolute Gasteiger partial charge is 0.494 e. The molecule has 3 N–H and O–H groups in total. The molecule has 8 bridgehead atoms. The van der Waals surface area contributed by atoms with Crippen molar-refractivity contribution in [1.82, 2.24) is 34.9 Å². The lowest BCUT2D eigenvalue weighted by Gasteiger charge is -2.07. The summed E-state index contributed by atoms with van der Waals surface area (Å²) < 4.78 is 5.94. The molecule has 0 atom stereocenters. The number of pyridine rings is 3. The van der Waals surface area contributed by atoms with Gasteiger partial charge in [0, 0.05) is 29.6 Å². The number of carboxylic acid groups (broad SMARTS) is 1. The number of fused-ring (bicyclic) bond motifs is 8. The number of hydrogen-bond acceptors (Lipinski definition) is 7. The zero-order valence-corrected chi connectivity index (χ0v) is 34.2. The topological polar surface area (TPSA) is 143 Å². The predicted molar refractivity (Wildman–Crippen MR) is 244 cm³/mol. The summed E-state index contributed by atoms with van der Waals surface area (Å²) >= 11 is 0. The van der Waals surface area contributed by atoms with Crippen molar-refractivity contribution in [2.24, 2.45) is 0 Å². The lowest BCUT2D eigenvalue weighted by atomic mass is 10.1. The van der Waals surface area contributed by atoms with Crippen LogP contribution in [0.15, 0.2) is 122 Å². The molecule has 0 aliphatic carbocycles. The van der Waals surface area contributed by atoms with E-state index in [2.05, 4.69) is 84.7 Å². The number of aromatic amines is 2. The smallest absolute Gasteiger partial charge is 0.335 e. The molecule has 9 rings (SSSR count). The molecule has 0 saturated heterocycles. The van der Waals surface area contributed by atoms with E-state index in [4.69, 9.17) is 14.7 Å². The predicted octanol–water partition coefficient (Wildman–Crippen LogP) is 9.14. The van der Waals surface area contributed by atoms with E-state index >= 15 is 0 Å². The third-order valence-corrected chi connectivity index (χ3v) is 10.5. The Labute approximate surface area is 364 Å². The van der Waals surface area contributed by atoms with Crippen LogP contribution in [0.2, 0.25) is 0 Å². The number of rotatable bonds is 8. The average molecular weight is 822 g/mol. The average Bonchev–Trinajstić information content (AvgIpc) is 4.18. The van der Waals surface area contributed by atoms with Crippen molar-refractivity contribution in [3.8, 4) is 41.3 Å². The first-order valence-electron chi connectivity index (χ1n) is 20.7. The molecule has 304 valence electrons. The highest BCUT2D eigenvalue weighted by atomic mass is 16.5. The van der Waals surface area contributed by atoms with Gasteiger partial charge in [0.25, 0.3) is 0 Å². The van der Waals surface area contributed by atoms with Crippen LogP contribution in [-0.4, -0.2) is 52.6 Å². The van der Waals surface area contributed by atoms with Crippen LogP contribution in [0, 0.1) is 35.5 Å². The maximum Gasteiger partial charge on any atom is 0.335 e. The van der Waals surface area contributed by atoms with Gasteiger partial charge in [-0.05, 0) is 159 Å². The molecule has 0 fully saturated rings. The van der Waals surface area contributed by atoms with E-state index in [0.717, 1.165) is 81.4 Å². The molecule has 1 aromatic carbocycles. The second kappa shape index (κ2) is 18.8. The number of benzene rings is 1. The summed E-state index contributed by atoms with van der Waals surface area (Å²) in [5, 5.41) is 9.23. The highest BCUT2D eigenvalue weighted by Crippen LogP contribution is 2.27. The first-order valence-corrected chi connectivity index (χ1v) is 20.7. The van der Waals surface area contributed by atoms with E-state index in [1.807, 2.05) is 66.7 Å². The first kappa shape index (κ1) is 39.9. The Morgan fingerprint density at radius 3 is 1.65 bits per heavy atom. The monoisotopic (exact) mass is 821 g/mol. The minimum absolute atomic E-state index is 0.230. The third kappa shape index (κ3) is 9.60. The number of aryl methyl sites for hydroxylation is 3. The van der Waals surface area contributed by atoms with Gasteiger partial charge >= 0.3 is 5.97 Å². The second-order valence-electron chi connectivity index (χ2n) is 14.8. The van der Waals surface area contributed by atoms with Gasteiger partial charge in [-0.25, -0.2) is 24.7 Å². The fourth-order valence-corrected chi connectivity index (χ4v) is 7.36. The maximum atomic E-state index is 11.3. The minimum Gasteiger partial charge on any atom is -0.494 e. The molecular weight excluding hydrogens is 783 g/mol. The highest BCUT2D eigenvalue weighted by molar-refractivity contribution is 5.87. The Hall–Kier alpha value is -8.52. The molecular formula is C53H39N7O3. The molecule has 0 radical (unpaired) electrons. The number of ether oxygens (including phenoxy) is 1. The summed E-state index contributed by atoms with van der Waals surface area (Å²) in [5.41, 5.74) is 12.2. The van der Waals surface area contributed by atoms with Crippen LogP contribution >= 0.6 is 0 Å². The van der Waals surface area contributed by atoms with Crippen LogP contribution in [0.1, 0.15) is 91.7 Å². The SMILES string of the molecule is O=C(O)c1ccc(OCCCCCc2c3ccc([nH]3)c(C#Cc3ccccn3)c3nc(c(C#Cc4ccccn4)c4nc(c(C#Cc5ccccn5)c5ccc2[nH]5)CC4)C=C3)cc1. The number of carboxylic acids is 1. The molecule has 6 aromatic heterocycles. The van der Waals surface area contributed by atoms with Gasteiger partial charge in [-0.3, -0.25) is 4.98 Å². The number of H-pyrrole nitrogens is 2. The van der Waals surface area contributed by atoms with Crippen molar-refractivity contribution >= 4 is 40.2 Å². The first-order chi connectivity index (χ1) is 31.0. The summed E-state index contributed by atoms with van der Waals surface area (Å²) in [6.45, 7) is 0.519. The number of carbonyl (C=O) groups is 1. The van der Waals surface area contributed by atoms with Crippen molar-refractivity contribution in [2.45, 2.75) is 38.5 Å². The molecule has 7 aromatic rings. The zero-order valence-electron chi connectivity index (χ0n) is 34.2. The summed E-state index contributed by atoms with van der Waals surface area (Å²) in [7, 11) is 0. The van der Waals surface area contributed by atoms with Crippen LogP contribution in [0.5, 0.6) is 5.75 Å². The minimum atomic E-state index is -0.961. The fraction of sp³-hybridized carbons (Fsp3) is 0.132. The molecule has 10 nitrogen and oxygen atoms in total. The quantitative estimate of drug-likeness (QED) is 0.102. The third-order valence-electron chi connectivity index (χ3n) is 10.5. The van der Waals surface area contributed by atoms with E-state index in [1.165, 1.54) is 0 Å². The molecule has 0 amide bonds. The molecule has 10 heteroatoms. The van der Waals surface area contributed by atoms with Gasteiger partial charge in [-0.15, -0.1) is 0 Å². The molecule has 2 aliphatic heterocycles. The highest BCUT2D eigenvalue weighted by Gasteiger charge is 2.19. The Morgan fingerprint density at radius 1 is 0.556 bits per heavy atom. The van der Waals surface area contributed by atoms with E-state index in [-0.39, 0.29) is 5.56 Å². The Bertz CT molecular complexity index is 3210. The summed E-state index contributed by atoms with van der Waals surface area (Å²) in [5.74, 6) is 19.8. The summed E-state index contributed by atoms with van der Waals surface area (Å²) in [6, 6.07) is 31.9. The van der Waals surface area contributed by atoms with Gasteiger partial charge in [-0.2, -0.15) is 0 Å². The van der Waals surface area contributed by atoms with E-state index in [0.29, 0.717) is 53.7 Å². The van der Waals surface area contributed by atoms with Crippen molar-refractivity contribution in [2.75, 3.05) is 6.61 Å². The van der Waals surface area contributed by atoms with Crippen LogP contribution in [0.25, 0.3) is 34.2 Å². The molecule has 2 aliphatic rings. The van der Waals surface area contributed by atoms with Crippen LogP contribution in [-0.2, 0) is 19.3 Å². The summed E-state index contributed by atoms with van der Waals surface area (Å²) in [6.07, 6.45) is 13.9. The normalized spacial score (nSPS) is 11.4. The van der Waals surface area contributed by atoms with Gasteiger partial charge in [0.2, 0.25) is 0 Å². The van der Waals surface area contributed by atoms with Crippen molar-refractivity contribution in [1.29, 1.82) is 0 Å². The van der Waals surface area contributed by atoms with Crippen molar-refractivity contribution in [3.05, 3.63) is 189 Å². The number of aromatic carboxylic acids is 1. The second-order valence-corrected chi connectivity index (χ2v) is 14.8. The van der Waals surface area contributed by atoms with Gasteiger partial charge < -0.3 is 19.8 Å². The zero-order chi connectivity index (χ0) is 42.8. The number of aromatic nitrogens is 7. The van der Waals surface area contributed by atoms with Gasteiger partial charge in [0.15, 0.2) is 0 Å². The van der Waals surface area contributed by atoms with Crippen LogP contribution < -0.4 is 4.74 Å². The molecule has 8 heterocycles. The molecule has 0 spiro atoms. The van der Waals surface area contributed by atoms with Gasteiger partial charge in [0.05, 0.1) is 62.7 Å². The number of nitrogens with zero attached hydrogens (tertiary/aromatic N) is 5. The fourth-order valence-electron chi connectivity index (χ4n) is 7.36. The van der Waals surface area contributed by atoms with E-state index < -0.39 is 5.97 Å². The van der Waals surface area contributed by atoms with Crippen LogP contribution in [0.3, 0.4) is 0 Å². The van der Waals surface area contributed by atoms with E-state index in [1.54, 1.807) is 42.9 Å². The number of unbranched alkanes of at least 4 members (excludes halogenated alkanes) is 2. The van der Waals surface area contributed by atoms with Crippen molar-refractivity contribution in [3.63, 3.8) is 0 Å². The molecule has 63 heavy (non-hydrogen) atoms. The molecule has 0 saturated carbocycles. The maximum absolute atomic E-state index is 11.3. The lowest BCUT2D eigenvalue weighted by Crippen LogP contribution is -1.99. The number of nitrogens with one attached hydrogen (secondary N) is 2. The van der Waals surface area contributed by atoms with Gasteiger partial charge in [0.1, 0.15) is 22.8 Å². The summed E-state index contributed by atoms with van der Waals surface area (Å²) in [4.78, 5) is 42.6. The van der Waals surface area contributed by atoms with E-state index in [9.17, 15) is 9.90 Å². The Balaban J connectivity index is 1.19. The van der Waals surface area contributed by atoms with Crippen LogP contribution in [0.4, 0.5) is 0 Å².